The number of nitrogens with zero attached hydrogens (tertiary/aromatic N) is 1. The van der Waals surface area contributed by atoms with Gasteiger partial charge in [0.15, 0.2) is 0 Å². The quantitative estimate of drug-likeness (QED) is 0.808. The number of aromatic amines is 1. The van der Waals surface area contributed by atoms with Gasteiger partial charge in [0, 0.05) is 12.5 Å². The van der Waals surface area contributed by atoms with E-state index in [9.17, 15) is 0 Å². The summed E-state index contributed by atoms with van der Waals surface area (Å²) in [6.45, 7) is 3.27. The molecule has 1 aromatic carbocycles. The van der Waals surface area contributed by atoms with Crippen LogP contribution in [-0.2, 0) is 6.42 Å². The Morgan fingerprint density at radius 3 is 3.12 bits per heavy atom. The summed E-state index contributed by atoms with van der Waals surface area (Å²) in [5.41, 5.74) is 3.64. The zero-order valence-electron chi connectivity index (χ0n) is 9.59. The van der Waals surface area contributed by atoms with Gasteiger partial charge in [0.2, 0.25) is 0 Å². The fraction of sp³-hybridized carbons (Fsp3) is 0.462. The van der Waals surface area contributed by atoms with Crippen LogP contribution in [0.25, 0.3) is 11.0 Å². The number of hydrogen-bond acceptors (Lipinski definition) is 2. The largest absolute Gasteiger partial charge is 0.342 e. The molecular weight excluding hydrogens is 198 g/mol. The van der Waals surface area contributed by atoms with Crippen molar-refractivity contribution in [2.75, 3.05) is 6.54 Å². The molecule has 0 saturated carbocycles. The predicted octanol–water partition coefficient (Wildman–Crippen LogP) is 2.55. The first-order valence-electron chi connectivity index (χ1n) is 6.09. The van der Waals surface area contributed by atoms with Crippen molar-refractivity contribution in [3.05, 3.63) is 29.6 Å². The molecule has 1 saturated heterocycles. The monoisotopic (exact) mass is 215 g/mol. The SMILES string of the molecule is CCc1nc2ccc(C3CCCN3)cc2[nH]1. The van der Waals surface area contributed by atoms with Gasteiger partial charge in [0.05, 0.1) is 11.0 Å². The highest BCUT2D eigenvalue weighted by atomic mass is 14.9. The molecule has 0 amide bonds. The van der Waals surface area contributed by atoms with Crippen LogP contribution in [0.2, 0.25) is 0 Å². The summed E-state index contributed by atoms with van der Waals surface area (Å²) >= 11 is 0. The third-order valence-electron chi connectivity index (χ3n) is 3.35. The van der Waals surface area contributed by atoms with Crippen LogP contribution in [0.15, 0.2) is 18.2 Å². The van der Waals surface area contributed by atoms with Crippen molar-refractivity contribution in [2.45, 2.75) is 32.2 Å². The van der Waals surface area contributed by atoms with Gasteiger partial charge in [-0.15, -0.1) is 0 Å². The maximum absolute atomic E-state index is 4.52. The molecular formula is C13H17N3. The predicted molar refractivity (Wildman–Crippen MR) is 65.4 cm³/mol. The summed E-state index contributed by atoms with van der Waals surface area (Å²) in [6.07, 6.45) is 3.50. The molecule has 84 valence electrons. The zero-order valence-corrected chi connectivity index (χ0v) is 9.59. The molecule has 1 aromatic heterocycles. The van der Waals surface area contributed by atoms with Crippen molar-refractivity contribution in [2.24, 2.45) is 0 Å². The van der Waals surface area contributed by atoms with Crippen molar-refractivity contribution >= 4 is 11.0 Å². The van der Waals surface area contributed by atoms with E-state index in [1.165, 1.54) is 23.9 Å². The molecule has 1 aliphatic rings. The van der Waals surface area contributed by atoms with Crippen molar-refractivity contribution < 1.29 is 0 Å². The smallest absolute Gasteiger partial charge is 0.106 e. The molecule has 3 heteroatoms. The Morgan fingerprint density at radius 1 is 1.44 bits per heavy atom. The van der Waals surface area contributed by atoms with E-state index in [4.69, 9.17) is 0 Å². The minimum Gasteiger partial charge on any atom is -0.342 e. The Balaban J connectivity index is 2.00. The van der Waals surface area contributed by atoms with Gasteiger partial charge < -0.3 is 10.3 Å². The van der Waals surface area contributed by atoms with E-state index in [0.717, 1.165) is 24.3 Å². The van der Waals surface area contributed by atoms with Crippen LogP contribution in [0.5, 0.6) is 0 Å². The van der Waals surface area contributed by atoms with Crippen LogP contribution in [0, 0.1) is 0 Å². The summed E-state index contributed by atoms with van der Waals surface area (Å²) in [5.74, 6) is 1.08. The third kappa shape index (κ3) is 1.61. The van der Waals surface area contributed by atoms with Crippen LogP contribution in [-0.4, -0.2) is 16.5 Å². The number of benzene rings is 1. The van der Waals surface area contributed by atoms with E-state index < -0.39 is 0 Å². The van der Waals surface area contributed by atoms with Gasteiger partial charge in [-0.25, -0.2) is 4.98 Å². The first kappa shape index (κ1) is 9.85. The van der Waals surface area contributed by atoms with E-state index in [-0.39, 0.29) is 0 Å². The standard InChI is InChI=1S/C13H17N3/c1-2-13-15-11-6-5-9(8-12(11)16-13)10-4-3-7-14-10/h5-6,8,10,14H,2-4,7H2,1H3,(H,15,16). The number of imidazole rings is 1. The number of H-pyrrole nitrogens is 1. The van der Waals surface area contributed by atoms with E-state index in [0.29, 0.717) is 6.04 Å². The number of aryl methyl sites for hydroxylation is 1. The molecule has 2 N–H and O–H groups in total. The molecule has 1 fully saturated rings. The first-order valence-corrected chi connectivity index (χ1v) is 6.09. The van der Waals surface area contributed by atoms with Gasteiger partial charge in [-0.3, -0.25) is 0 Å². The summed E-state index contributed by atoms with van der Waals surface area (Å²) in [7, 11) is 0. The van der Waals surface area contributed by atoms with Gasteiger partial charge in [-0.2, -0.15) is 0 Å². The lowest BCUT2D eigenvalue weighted by atomic mass is 10.1. The summed E-state index contributed by atoms with van der Waals surface area (Å²) < 4.78 is 0. The van der Waals surface area contributed by atoms with Crippen LogP contribution < -0.4 is 5.32 Å². The van der Waals surface area contributed by atoms with Crippen LogP contribution in [0.4, 0.5) is 0 Å². The van der Waals surface area contributed by atoms with Crippen LogP contribution in [0.3, 0.4) is 0 Å². The van der Waals surface area contributed by atoms with E-state index >= 15 is 0 Å². The lowest BCUT2D eigenvalue weighted by Gasteiger charge is -2.09. The zero-order chi connectivity index (χ0) is 11.0. The fourth-order valence-corrected chi connectivity index (χ4v) is 2.43. The minimum atomic E-state index is 0.540. The van der Waals surface area contributed by atoms with Gasteiger partial charge >= 0.3 is 0 Å². The van der Waals surface area contributed by atoms with Crippen LogP contribution in [0.1, 0.15) is 37.2 Å². The molecule has 3 rings (SSSR count). The number of rotatable bonds is 2. The average Bonchev–Trinajstić information content (AvgIpc) is 2.96. The van der Waals surface area contributed by atoms with Crippen molar-refractivity contribution in [3.63, 3.8) is 0 Å². The normalized spacial score (nSPS) is 20.7. The lowest BCUT2D eigenvalue weighted by molar-refractivity contribution is 0.648. The van der Waals surface area contributed by atoms with Gasteiger partial charge in [-0.05, 0) is 37.1 Å². The second-order valence-corrected chi connectivity index (χ2v) is 4.46. The molecule has 16 heavy (non-hydrogen) atoms. The van der Waals surface area contributed by atoms with Crippen molar-refractivity contribution in [3.8, 4) is 0 Å². The average molecular weight is 215 g/mol. The summed E-state index contributed by atoms with van der Waals surface area (Å²) in [6, 6.07) is 7.11. The van der Waals surface area contributed by atoms with E-state index in [2.05, 4.69) is 40.4 Å². The second-order valence-electron chi connectivity index (χ2n) is 4.46. The molecule has 0 spiro atoms. The topological polar surface area (TPSA) is 40.7 Å². The molecule has 2 heterocycles. The second kappa shape index (κ2) is 3.91. The molecule has 1 unspecified atom stereocenters. The third-order valence-corrected chi connectivity index (χ3v) is 3.35. The van der Waals surface area contributed by atoms with Crippen molar-refractivity contribution in [1.29, 1.82) is 0 Å². The molecule has 0 radical (unpaired) electrons. The molecule has 0 aliphatic carbocycles. The van der Waals surface area contributed by atoms with Gasteiger partial charge in [0.1, 0.15) is 5.82 Å². The molecule has 1 atom stereocenters. The fourth-order valence-electron chi connectivity index (χ4n) is 2.43. The number of fused-ring (bicyclic) bond motifs is 1. The highest BCUT2D eigenvalue weighted by Crippen LogP contribution is 2.25. The Hall–Kier alpha value is -1.35. The van der Waals surface area contributed by atoms with Gasteiger partial charge in [0.25, 0.3) is 0 Å². The Labute approximate surface area is 95.3 Å². The summed E-state index contributed by atoms with van der Waals surface area (Å²) in [5, 5.41) is 3.52. The maximum atomic E-state index is 4.52. The van der Waals surface area contributed by atoms with E-state index in [1.807, 2.05) is 0 Å². The van der Waals surface area contributed by atoms with Gasteiger partial charge in [-0.1, -0.05) is 13.0 Å². The number of hydrogen-bond donors (Lipinski definition) is 2. The summed E-state index contributed by atoms with van der Waals surface area (Å²) in [4.78, 5) is 7.89. The highest BCUT2D eigenvalue weighted by Gasteiger charge is 2.16. The highest BCUT2D eigenvalue weighted by molar-refractivity contribution is 5.76. The molecule has 2 aromatic rings. The Kier molecular flexibility index (Phi) is 2.40. The molecule has 0 bridgehead atoms. The van der Waals surface area contributed by atoms with E-state index in [1.54, 1.807) is 0 Å². The van der Waals surface area contributed by atoms with Crippen LogP contribution >= 0.6 is 0 Å². The molecule has 3 nitrogen and oxygen atoms in total. The number of nitrogens with one attached hydrogen (secondary N) is 2. The molecule has 1 aliphatic heterocycles. The Bertz CT molecular complexity index is 495. The maximum Gasteiger partial charge on any atom is 0.106 e. The Morgan fingerprint density at radius 2 is 2.38 bits per heavy atom. The minimum absolute atomic E-state index is 0.540. The first-order chi connectivity index (χ1) is 7.86. The van der Waals surface area contributed by atoms with Crippen molar-refractivity contribution in [1.82, 2.24) is 15.3 Å². The lowest BCUT2D eigenvalue weighted by Crippen LogP contribution is -2.12. The number of aromatic nitrogens is 2.